The van der Waals surface area contributed by atoms with E-state index in [1.54, 1.807) is 46.0 Å². The number of para-hydroxylation sites is 1. The second kappa shape index (κ2) is 10.6. The van der Waals surface area contributed by atoms with Crippen LogP contribution in [-0.2, 0) is 9.57 Å². The molecule has 2 atom stereocenters. The maximum Gasteiger partial charge on any atom is 0.407 e. The highest BCUT2D eigenvalue weighted by molar-refractivity contribution is 5.89. The zero-order chi connectivity index (χ0) is 24.0. The molecule has 0 bridgehead atoms. The Morgan fingerprint density at radius 2 is 2.06 bits per heavy atom. The highest BCUT2D eigenvalue weighted by Crippen LogP contribution is 2.32. The first kappa shape index (κ1) is 24.5. The molecule has 0 radical (unpaired) electrons. The molecule has 2 aromatic carbocycles. The largest absolute Gasteiger partial charge is 0.489 e. The van der Waals surface area contributed by atoms with Gasteiger partial charge in [-0.3, -0.25) is 5.32 Å². The average Bonchev–Trinajstić information content (AvgIpc) is 3.22. The number of oxime groups is 1. The highest BCUT2D eigenvalue weighted by Gasteiger charge is 2.24. The number of nitrogens with zero attached hydrogens (tertiary/aromatic N) is 1. The normalized spacial score (nSPS) is 16.5. The van der Waals surface area contributed by atoms with Crippen LogP contribution in [0.4, 0.5) is 9.18 Å². The van der Waals surface area contributed by atoms with Gasteiger partial charge >= 0.3 is 6.09 Å². The molecule has 178 valence electrons. The topological polar surface area (TPSA) is 101 Å². The molecule has 33 heavy (non-hydrogen) atoms. The molecule has 2 unspecified atom stereocenters. The van der Waals surface area contributed by atoms with Crippen LogP contribution < -0.4 is 15.4 Å². The number of benzene rings is 2. The summed E-state index contributed by atoms with van der Waals surface area (Å²) in [6.45, 7) is 5.84. The maximum absolute atomic E-state index is 14.5. The van der Waals surface area contributed by atoms with Crippen LogP contribution >= 0.6 is 0 Å². The van der Waals surface area contributed by atoms with E-state index in [4.69, 9.17) is 14.3 Å². The lowest BCUT2D eigenvalue weighted by Gasteiger charge is -2.19. The number of ether oxygens (including phenoxy) is 2. The van der Waals surface area contributed by atoms with E-state index >= 15 is 0 Å². The molecule has 0 saturated heterocycles. The fourth-order valence-electron chi connectivity index (χ4n) is 3.25. The Bertz CT molecular complexity index is 1010. The Morgan fingerprint density at radius 1 is 1.30 bits per heavy atom. The van der Waals surface area contributed by atoms with Gasteiger partial charge in [0.25, 0.3) is 0 Å². The van der Waals surface area contributed by atoms with Crippen molar-refractivity contribution in [1.29, 1.82) is 0 Å². The summed E-state index contributed by atoms with van der Waals surface area (Å²) in [6.07, 6.45) is -1.40. The molecule has 3 N–H and O–H groups in total. The number of rotatable bonds is 8. The van der Waals surface area contributed by atoms with Crippen molar-refractivity contribution >= 4 is 11.8 Å². The fraction of sp³-hybridized carbons (Fsp3) is 0.417. The number of hydrogen-bond acceptors (Lipinski definition) is 7. The summed E-state index contributed by atoms with van der Waals surface area (Å²) in [6, 6.07) is 11.9. The van der Waals surface area contributed by atoms with Gasteiger partial charge in [-0.1, -0.05) is 35.5 Å². The van der Waals surface area contributed by atoms with Gasteiger partial charge in [0, 0.05) is 17.5 Å². The van der Waals surface area contributed by atoms with Crippen molar-refractivity contribution in [2.45, 2.75) is 45.1 Å². The van der Waals surface area contributed by atoms with Crippen LogP contribution in [0.3, 0.4) is 0 Å². The number of halogens is 1. The lowest BCUT2D eigenvalue weighted by Crippen LogP contribution is -2.35. The van der Waals surface area contributed by atoms with Crippen molar-refractivity contribution in [1.82, 2.24) is 10.6 Å². The SMILES string of the molecule is CNC(O)c1ccc(-c2ccccc2OCC2CC(CNC(=O)OC(C)(C)C)=NO2)cc1F. The number of carbonyl (C=O) groups is 1. The Labute approximate surface area is 192 Å². The summed E-state index contributed by atoms with van der Waals surface area (Å²) in [5, 5.41) is 19.1. The number of hydrogen-bond donors (Lipinski definition) is 3. The molecule has 9 heteroatoms. The number of aliphatic hydroxyl groups excluding tert-OH is 1. The van der Waals surface area contributed by atoms with Crippen LogP contribution in [0.2, 0.25) is 0 Å². The Kier molecular flexibility index (Phi) is 7.88. The van der Waals surface area contributed by atoms with Gasteiger partial charge in [-0.05, 0) is 45.5 Å². The molecular weight excluding hydrogens is 429 g/mol. The third-order valence-corrected chi connectivity index (χ3v) is 4.82. The molecule has 1 aliphatic heterocycles. The van der Waals surface area contributed by atoms with E-state index < -0.39 is 23.7 Å². The van der Waals surface area contributed by atoms with Crippen molar-refractivity contribution in [2.24, 2.45) is 5.16 Å². The molecule has 0 spiro atoms. The first-order chi connectivity index (χ1) is 15.7. The van der Waals surface area contributed by atoms with Gasteiger partial charge in [0.1, 0.15) is 30.0 Å². The summed E-state index contributed by atoms with van der Waals surface area (Å²) in [5.41, 5.74) is 1.62. The third-order valence-electron chi connectivity index (χ3n) is 4.82. The Hall–Kier alpha value is -3.17. The molecule has 2 aromatic rings. The predicted molar refractivity (Wildman–Crippen MR) is 123 cm³/mol. The smallest absolute Gasteiger partial charge is 0.407 e. The molecule has 1 heterocycles. The standard InChI is InChI=1S/C24H30FN3O5/c1-24(2,3)32-23(30)27-13-16-12-17(33-28-16)14-31-21-8-6-5-7-18(21)15-9-10-19(20(25)11-15)22(29)26-4/h5-11,17,22,26,29H,12-14H2,1-4H3,(H,27,30). The average molecular weight is 460 g/mol. The number of alkyl carbamates (subject to hydrolysis) is 1. The molecule has 0 aliphatic carbocycles. The van der Waals surface area contributed by atoms with Gasteiger partial charge < -0.3 is 24.7 Å². The van der Waals surface area contributed by atoms with Crippen molar-refractivity contribution in [2.75, 3.05) is 20.2 Å². The van der Waals surface area contributed by atoms with E-state index in [0.717, 1.165) is 0 Å². The lowest BCUT2D eigenvalue weighted by atomic mass is 10.0. The zero-order valence-corrected chi connectivity index (χ0v) is 19.2. The minimum Gasteiger partial charge on any atom is -0.489 e. The minimum atomic E-state index is -1.08. The molecule has 1 amide bonds. The van der Waals surface area contributed by atoms with Crippen molar-refractivity contribution < 1.29 is 28.6 Å². The summed E-state index contributed by atoms with van der Waals surface area (Å²) in [4.78, 5) is 17.2. The Balaban J connectivity index is 1.56. The zero-order valence-electron chi connectivity index (χ0n) is 19.2. The van der Waals surface area contributed by atoms with Gasteiger partial charge in [-0.15, -0.1) is 0 Å². The van der Waals surface area contributed by atoms with Gasteiger partial charge in [0.15, 0.2) is 6.10 Å². The van der Waals surface area contributed by atoms with Crippen molar-refractivity contribution in [3.05, 3.63) is 53.8 Å². The molecule has 0 fully saturated rings. The molecule has 0 saturated carbocycles. The van der Waals surface area contributed by atoms with E-state index in [0.29, 0.717) is 29.0 Å². The van der Waals surface area contributed by atoms with Gasteiger partial charge in [-0.25, -0.2) is 9.18 Å². The molecule has 8 nitrogen and oxygen atoms in total. The Morgan fingerprint density at radius 3 is 2.76 bits per heavy atom. The van der Waals surface area contributed by atoms with E-state index in [9.17, 15) is 14.3 Å². The van der Waals surface area contributed by atoms with E-state index in [-0.39, 0.29) is 24.8 Å². The maximum atomic E-state index is 14.5. The molecule has 3 rings (SSSR count). The summed E-state index contributed by atoms with van der Waals surface area (Å²) >= 11 is 0. The third kappa shape index (κ3) is 6.90. The first-order valence-electron chi connectivity index (χ1n) is 10.7. The fourth-order valence-corrected chi connectivity index (χ4v) is 3.25. The summed E-state index contributed by atoms with van der Waals surface area (Å²) < 4.78 is 25.6. The van der Waals surface area contributed by atoms with Crippen LogP contribution in [0.5, 0.6) is 5.75 Å². The molecule has 1 aliphatic rings. The lowest BCUT2D eigenvalue weighted by molar-refractivity contribution is 0.0472. The minimum absolute atomic E-state index is 0.170. The summed E-state index contributed by atoms with van der Waals surface area (Å²) in [5.74, 6) is 0.0570. The van der Waals surface area contributed by atoms with Crippen LogP contribution in [-0.4, -0.2) is 48.8 Å². The van der Waals surface area contributed by atoms with Gasteiger partial charge in [0.2, 0.25) is 0 Å². The quantitative estimate of drug-likeness (QED) is 0.520. The van der Waals surface area contributed by atoms with E-state index in [2.05, 4.69) is 15.8 Å². The number of aliphatic hydroxyl groups is 1. The van der Waals surface area contributed by atoms with Crippen LogP contribution in [0.25, 0.3) is 11.1 Å². The molecular formula is C24H30FN3O5. The monoisotopic (exact) mass is 459 g/mol. The second-order valence-electron chi connectivity index (χ2n) is 8.68. The second-order valence-corrected chi connectivity index (χ2v) is 8.68. The van der Waals surface area contributed by atoms with Gasteiger partial charge in [0.05, 0.1) is 12.3 Å². The van der Waals surface area contributed by atoms with Crippen LogP contribution in [0.15, 0.2) is 47.6 Å². The van der Waals surface area contributed by atoms with Gasteiger partial charge in [-0.2, -0.15) is 0 Å². The number of carbonyl (C=O) groups excluding carboxylic acids is 1. The highest BCUT2D eigenvalue weighted by atomic mass is 19.1. The first-order valence-corrected chi connectivity index (χ1v) is 10.7. The number of amides is 1. The summed E-state index contributed by atoms with van der Waals surface area (Å²) in [7, 11) is 1.55. The predicted octanol–water partition coefficient (Wildman–Crippen LogP) is 3.75. The van der Waals surface area contributed by atoms with Crippen LogP contribution in [0.1, 0.15) is 39.0 Å². The van der Waals surface area contributed by atoms with Crippen LogP contribution in [0, 0.1) is 5.82 Å². The van der Waals surface area contributed by atoms with E-state index in [1.165, 1.54) is 6.07 Å². The molecule has 0 aromatic heterocycles. The van der Waals surface area contributed by atoms with E-state index in [1.807, 2.05) is 18.2 Å². The number of nitrogens with one attached hydrogen (secondary N) is 2. The van der Waals surface area contributed by atoms with Crippen molar-refractivity contribution in [3.63, 3.8) is 0 Å². The van der Waals surface area contributed by atoms with Crippen molar-refractivity contribution in [3.8, 4) is 16.9 Å².